The Bertz CT molecular complexity index is 643. The monoisotopic (exact) mass is 292 g/mol. The third kappa shape index (κ3) is 2.56. The summed E-state index contributed by atoms with van der Waals surface area (Å²) in [6, 6.07) is 7.38. The molecule has 0 fully saturated rings. The van der Waals surface area contributed by atoms with Crippen molar-refractivity contribution in [1.82, 2.24) is 0 Å². The van der Waals surface area contributed by atoms with Crippen molar-refractivity contribution in [1.29, 1.82) is 0 Å². The SMILES string of the molecule is C/C=C1\C(=C/C)P(=O)(CCC(=O)O)Oc2ccccc21. The van der Waals surface area contributed by atoms with E-state index in [1.165, 1.54) is 0 Å². The van der Waals surface area contributed by atoms with Gasteiger partial charge in [-0.05, 0) is 25.5 Å². The molecule has 0 radical (unpaired) electrons. The number of allylic oxidation sites excluding steroid dienone is 4. The van der Waals surface area contributed by atoms with Crippen LogP contribution in [0.1, 0.15) is 25.8 Å². The van der Waals surface area contributed by atoms with Crippen molar-refractivity contribution in [2.75, 3.05) is 6.16 Å². The van der Waals surface area contributed by atoms with Crippen molar-refractivity contribution >= 4 is 18.9 Å². The first-order chi connectivity index (χ1) is 9.51. The molecule has 106 valence electrons. The largest absolute Gasteiger partial charge is 0.481 e. The molecule has 1 N–H and O–H groups in total. The highest BCUT2D eigenvalue weighted by Gasteiger charge is 2.37. The molecule has 1 unspecified atom stereocenters. The Kier molecular flexibility index (Phi) is 4.15. The molecule has 5 heteroatoms. The summed E-state index contributed by atoms with van der Waals surface area (Å²) in [6.45, 7) is 3.67. The predicted octanol–water partition coefficient (Wildman–Crippen LogP) is 4.14. The van der Waals surface area contributed by atoms with Crippen LogP contribution in [0.3, 0.4) is 0 Å². The van der Waals surface area contributed by atoms with Gasteiger partial charge in [0.1, 0.15) is 5.75 Å². The molecule has 1 aromatic rings. The van der Waals surface area contributed by atoms with Gasteiger partial charge in [0.15, 0.2) is 0 Å². The zero-order chi connectivity index (χ0) is 14.8. The van der Waals surface area contributed by atoms with Crippen LogP contribution in [0.25, 0.3) is 5.57 Å². The smallest absolute Gasteiger partial charge is 0.303 e. The lowest BCUT2D eigenvalue weighted by molar-refractivity contribution is -0.136. The maximum absolute atomic E-state index is 13.0. The summed E-state index contributed by atoms with van der Waals surface area (Å²) in [6.07, 6.45) is 3.49. The minimum Gasteiger partial charge on any atom is -0.481 e. The molecule has 0 bridgehead atoms. The van der Waals surface area contributed by atoms with E-state index in [1.807, 2.05) is 31.2 Å². The molecule has 2 rings (SSSR count). The lowest BCUT2D eigenvalue weighted by Gasteiger charge is -2.30. The number of carbonyl (C=O) groups is 1. The summed E-state index contributed by atoms with van der Waals surface area (Å²) in [7, 11) is -3.17. The second-order valence-electron chi connectivity index (χ2n) is 4.50. The molecule has 1 heterocycles. The van der Waals surface area contributed by atoms with Crippen molar-refractivity contribution < 1.29 is 19.0 Å². The number of hydrogen-bond donors (Lipinski definition) is 1. The summed E-state index contributed by atoms with van der Waals surface area (Å²) in [5.74, 6) is -0.417. The van der Waals surface area contributed by atoms with Gasteiger partial charge in [0.2, 0.25) is 0 Å². The molecule has 0 amide bonds. The van der Waals surface area contributed by atoms with E-state index in [9.17, 15) is 9.36 Å². The second kappa shape index (κ2) is 5.68. The van der Waals surface area contributed by atoms with Crippen LogP contribution in [0.15, 0.2) is 41.7 Å². The minimum absolute atomic E-state index is 0.00762. The topological polar surface area (TPSA) is 63.6 Å². The number of hydrogen-bond acceptors (Lipinski definition) is 3. The minimum atomic E-state index is -3.17. The Hall–Kier alpha value is -1.80. The molecule has 20 heavy (non-hydrogen) atoms. The fourth-order valence-electron chi connectivity index (χ4n) is 2.36. The van der Waals surface area contributed by atoms with Crippen LogP contribution in [0.2, 0.25) is 0 Å². The van der Waals surface area contributed by atoms with Gasteiger partial charge >= 0.3 is 5.97 Å². The van der Waals surface area contributed by atoms with E-state index in [-0.39, 0.29) is 12.6 Å². The number of carboxylic acids is 1. The highest BCUT2D eigenvalue weighted by Crippen LogP contribution is 2.64. The average molecular weight is 292 g/mol. The standard InChI is InChI=1S/C15H17O4P/c1-3-11-12-7-5-6-8-13(12)19-20(18,14(11)4-2)10-9-15(16)17/h3-8H,9-10H2,1-2H3,(H,16,17)/b11-3-,14-4+. The first kappa shape index (κ1) is 14.6. The van der Waals surface area contributed by atoms with Crippen LogP contribution < -0.4 is 4.52 Å². The molecule has 0 aliphatic carbocycles. The zero-order valence-electron chi connectivity index (χ0n) is 11.5. The molecular formula is C15H17O4P. The van der Waals surface area contributed by atoms with E-state index in [2.05, 4.69) is 0 Å². The molecule has 1 aliphatic rings. The normalized spacial score (nSPS) is 25.3. The van der Waals surface area contributed by atoms with Crippen molar-refractivity contribution in [3.8, 4) is 5.75 Å². The number of carboxylic acid groups (broad SMARTS) is 1. The third-order valence-electron chi connectivity index (χ3n) is 3.25. The van der Waals surface area contributed by atoms with Gasteiger partial charge in [0, 0.05) is 11.7 Å². The van der Waals surface area contributed by atoms with Crippen LogP contribution >= 0.6 is 7.37 Å². The molecule has 1 atom stereocenters. The molecule has 1 aliphatic heterocycles. The van der Waals surface area contributed by atoms with Crippen LogP contribution in [-0.4, -0.2) is 17.2 Å². The first-order valence-corrected chi connectivity index (χ1v) is 8.26. The van der Waals surface area contributed by atoms with Crippen LogP contribution in [0.5, 0.6) is 5.75 Å². The summed E-state index contributed by atoms with van der Waals surface area (Å²) < 4.78 is 18.7. The summed E-state index contributed by atoms with van der Waals surface area (Å²) in [4.78, 5) is 10.8. The summed E-state index contributed by atoms with van der Waals surface area (Å²) >= 11 is 0. The van der Waals surface area contributed by atoms with E-state index in [0.717, 1.165) is 11.1 Å². The number of fused-ring (bicyclic) bond motifs is 1. The maximum Gasteiger partial charge on any atom is 0.303 e. The predicted molar refractivity (Wildman–Crippen MR) is 79.2 cm³/mol. The Morgan fingerprint density at radius 1 is 1.30 bits per heavy atom. The van der Waals surface area contributed by atoms with Crippen LogP contribution in [0, 0.1) is 0 Å². The molecule has 0 saturated heterocycles. The van der Waals surface area contributed by atoms with Crippen molar-refractivity contribution in [2.45, 2.75) is 20.3 Å². The second-order valence-corrected chi connectivity index (χ2v) is 6.96. The highest BCUT2D eigenvalue weighted by molar-refractivity contribution is 7.64. The average Bonchev–Trinajstić information content (AvgIpc) is 2.43. The van der Waals surface area contributed by atoms with Crippen molar-refractivity contribution in [3.63, 3.8) is 0 Å². The summed E-state index contributed by atoms with van der Waals surface area (Å²) in [5.41, 5.74) is 1.76. The summed E-state index contributed by atoms with van der Waals surface area (Å²) in [5, 5.41) is 9.44. The number of rotatable bonds is 3. The Labute approximate surface area is 118 Å². The molecule has 0 saturated carbocycles. The van der Waals surface area contributed by atoms with Gasteiger partial charge in [0.25, 0.3) is 7.37 Å². The van der Waals surface area contributed by atoms with Gasteiger partial charge in [-0.15, -0.1) is 0 Å². The van der Waals surface area contributed by atoms with E-state index in [4.69, 9.17) is 9.63 Å². The Morgan fingerprint density at radius 3 is 2.60 bits per heavy atom. The van der Waals surface area contributed by atoms with E-state index >= 15 is 0 Å². The van der Waals surface area contributed by atoms with Crippen LogP contribution in [-0.2, 0) is 9.36 Å². The third-order valence-corrected chi connectivity index (χ3v) is 5.79. The number of aliphatic carboxylic acids is 1. The quantitative estimate of drug-likeness (QED) is 0.850. The number of para-hydroxylation sites is 1. The molecule has 1 aromatic carbocycles. The molecule has 0 aromatic heterocycles. The highest BCUT2D eigenvalue weighted by atomic mass is 31.2. The molecular weight excluding hydrogens is 275 g/mol. The van der Waals surface area contributed by atoms with Gasteiger partial charge in [-0.2, -0.15) is 0 Å². The van der Waals surface area contributed by atoms with Gasteiger partial charge < -0.3 is 9.63 Å². The lowest BCUT2D eigenvalue weighted by Crippen LogP contribution is -2.12. The lowest BCUT2D eigenvalue weighted by atomic mass is 10.0. The van der Waals surface area contributed by atoms with Gasteiger partial charge in [-0.25, -0.2) is 0 Å². The maximum atomic E-state index is 13.0. The Balaban J connectivity index is 2.52. The molecule has 4 nitrogen and oxygen atoms in total. The van der Waals surface area contributed by atoms with E-state index in [1.54, 1.807) is 19.1 Å². The van der Waals surface area contributed by atoms with Gasteiger partial charge in [-0.3, -0.25) is 9.36 Å². The Morgan fingerprint density at radius 2 is 2.00 bits per heavy atom. The number of benzene rings is 1. The van der Waals surface area contributed by atoms with E-state index in [0.29, 0.717) is 11.1 Å². The van der Waals surface area contributed by atoms with E-state index < -0.39 is 13.3 Å². The van der Waals surface area contributed by atoms with Gasteiger partial charge in [-0.1, -0.05) is 30.4 Å². The fraction of sp³-hybridized carbons (Fsp3) is 0.267. The molecule has 0 spiro atoms. The van der Waals surface area contributed by atoms with Crippen LogP contribution in [0.4, 0.5) is 0 Å². The first-order valence-electron chi connectivity index (χ1n) is 6.45. The van der Waals surface area contributed by atoms with Crippen molar-refractivity contribution in [3.05, 3.63) is 47.3 Å². The van der Waals surface area contributed by atoms with Gasteiger partial charge in [0.05, 0.1) is 11.7 Å². The fourth-order valence-corrected chi connectivity index (χ4v) is 4.77. The zero-order valence-corrected chi connectivity index (χ0v) is 12.4. The van der Waals surface area contributed by atoms with Crippen molar-refractivity contribution in [2.24, 2.45) is 0 Å².